The molecule has 0 spiro atoms. The minimum atomic E-state index is 0.519. The summed E-state index contributed by atoms with van der Waals surface area (Å²) >= 11 is 0. The van der Waals surface area contributed by atoms with Gasteiger partial charge in [0.15, 0.2) is 0 Å². The van der Waals surface area contributed by atoms with E-state index in [0.29, 0.717) is 18.0 Å². The summed E-state index contributed by atoms with van der Waals surface area (Å²) in [7, 11) is 1.86. The normalized spacial score (nSPS) is 27.7. The van der Waals surface area contributed by atoms with Crippen LogP contribution < -0.4 is 0 Å². The molecule has 2 aromatic rings. The lowest BCUT2D eigenvalue weighted by atomic mass is 9.74. The van der Waals surface area contributed by atoms with Gasteiger partial charge in [-0.15, -0.1) is 0 Å². The molecule has 30 heavy (non-hydrogen) atoms. The number of rotatable bonds is 6. The molecule has 2 aliphatic heterocycles. The average molecular weight is 405 g/mol. The molecular weight excluding hydrogens is 368 g/mol. The molecule has 1 aliphatic carbocycles. The number of aryl methyl sites for hydroxylation is 1. The Labute approximate surface area is 182 Å². The summed E-state index contributed by atoms with van der Waals surface area (Å²) < 4.78 is 5.67. The molecular formula is C27H36N2O. The SMILES string of the molecule is COC[C@@H]1[C@H](c2ccc(-c3ccccc3C)cc2)[C@@H]2CN(CC3CC3)CCCCN12. The maximum Gasteiger partial charge on any atom is 0.0624 e. The van der Waals surface area contributed by atoms with Crippen LogP contribution in [0.4, 0.5) is 0 Å². The van der Waals surface area contributed by atoms with Crippen LogP contribution in [0.5, 0.6) is 0 Å². The highest BCUT2D eigenvalue weighted by Crippen LogP contribution is 2.43. The number of benzene rings is 2. The van der Waals surface area contributed by atoms with Gasteiger partial charge in [0.25, 0.3) is 0 Å². The van der Waals surface area contributed by atoms with Crippen molar-refractivity contribution < 1.29 is 4.74 Å². The standard InChI is InChI=1S/C27H36N2O/c1-20-7-3-4-8-24(20)22-11-13-23(14-12-22)27-25-18-28(17-21-9-10-21)15-5-6-16-29(25)26(27)19-30-2/h3-4,7-8,11-14,21,25-27H,5-6,9-10,15-19H2,1-2H3/t25-,26+,27+/m0/s1. The van der Waals surface area contributed by atoms with E-state index in [0.717, 1.165) is 12.5 Å². The van der Waals surface area contributed by atoms with Crippen molar-refractivity contribution in [3.05, 3.63) is 59.7 Å². The second-order valence-corrected chi connectivity index (χ2v) is 9.70. The number of fused-ring (bicyclic) bond motifs is 1. The Balaban J connectivity index is 1.38. The summed E-state index contributed by atoms with van der Waals surface area (Å²) in [6, 6.07) is 19.3. The Bertz CT molecular complexity index is 844. The zero-order chi connectivity index (χ0) is 20.5. The van der Waals surface area contributed by atoms with E-state index in [4.69, 9.17) is 4.74 Å². The van der Waals surface area contributed by atoms with E-state index in [-0.39, 0.29) is 0 Å². The molecule has 2 saturated heterocycles. The van der Waals surface area contributed by atoms with Crippen LogP contribution in [-0.4, -0.2) is 61.8 Å². The quantitative estimate of drug-likeness (QED) is 0.677. The third-order valence-electron chi connectivity index (χ3n) is 7.57. The van der Waals surface area contributed by atoms with E-state index in [1.807, 2.05) is 7.11 Å². The number of hydrogen-bond donors (Lipinski definition) is 0. The summed E-state index contributed by atoms with van der Waals surface area (Å²) in [5.41, 5.74) is 5.49. The Hall–Kier alpha value is -1.68. The van der Waals surface area contributed by atoms with Gasteiger partial charge < -0.3 is 9.64 Å². The van der Waals surface area contributed by atoms with Gasteiger partial charge in [0.1, 0.15) is 0 Å². The van der Waals surface area contributed by atoms with Gasteiger partial charge in [0, 0.05) is 38.2 Å². The molecule has 3 nitrogen and oxygen atoms in total. The highest BCUT2D eigenvalue weighted by Gasteiger charge is 2.49. The van der Waals surface area contributed by atoms with Crippen molar-refractivity contribution in [1.82, 2.24) is 9.80 Å². The zero-order valence-corrected chi connectivity index (χ0v) is 18.6. The highest BCUT2D eigenvalue weighted by atomic mass is 16.5. The summed E-state index contributed by atoms with van der Waals surface area (Å²) in [5.74, 6) is 1.55. The Kier molecular flexibility index (Phi) is 5.95. The first-order chi connectivity index (χ1) is 14.7. The minimum Gasteiger partial charge on any atom is -0.383 e. The molecule has 0 aromatic heterocycles. The molecule has 0 radical (unpaired) electrons. The summed E-state index contributed by atoms with van der Waals surface area (Å²) in [6.07, 6.45) is 5.55. The first-order valence-electron chi connectivity index (χ1n) is 11.9. The molecule has 0 bridgehead atoms. The van der Waals surface area contributed by atoms with Crippen molar-refractivity contribution in [2.24, 2.45) is 5.92 Å². The lowest BCUT2D eigenvalue weighted by Gasteiger charge is -2.57. The fourth-order valence-corrected chi connectivity index (χ4v) is 5.78. The van der Waals surface area contributed by atoms with E-state index in [9.17, 15) is 0 Å². The van der Waals surface area contributed by atoms with E-state index in [1.54, 1.807) is 0 Å². The van der Waals surface area contributed by atoms with Gasteiger partial charge in [0.05, 0.1) is 6.61 Å². The van der Waals surface area contributed by atoms with Gasteiger partial charge in [-0.25, -0.2) is 0 Å². The van der Waals surface area contributed by atoms with Crippen molar-refractivity contribution in [1.29, 1.82) is 0 Å². The first-order valence-corrected chi connectivity index (χ1v) is 11.9. The fourth-order valence-electron chi connectivity index (χ4n) is 5.78. The second kappa shape index (κ2) is 8.82. The van der Waals surface area contributed by atoms with E-state index in [1.165, 1.54) is 74.1 Å². The Morgan fingerprint density at radius 3 is 2.47 bits per heavy atom. The minimum absolute atomic E-state index is 0.519. The van der Waals surface area contributed by atoms with Crippen molar-refractivity contribution in [3.63, 3.8) is 0 Å². The van der Waals surface area contributed by atoms with E-state index in [2.05, 4.69) is 65.3 Å². The van der Waals surface area contributed by atoms with Crippen LogP contribution in [-0.2, 0) is 4.74 Å². The monoisotopic (exact) mass is 404 g/mol. The number of nitrogens with zero attached hydrogens (tertiary/aromatic N) is 2. The molecule has 0 unspecified atom stereocenters. The lowest BCUT2D eigenvalue weighted by molar-refractivity contribution is -0.0720. The lowest BCUT2D eigenvalue weighted by Crippen LogP contribution is -2.67. The summed E-state index contributed by atoms with van der Waals surface area (Å²) in [4.78, 5) is 5.52. The van der Waals surface area contributed by atoms with Crippen molar-refractivity contribution in [2.75, 3.05) is 39.9 Å². The zero-order valence-electron chi connectivity index (χ0n) is 18.6. The van der Waals surface area contributed by atoms with Gasteiger partial charge in [-0.1, -0.05) is 48.5 Å². The highest BCUT2D eigenvalue weighted by molar-refractivity contribution is 5.67. The topological polar surface area (TPSA) is 15.7 Å². The molecule has 3 heteroatoms. The van der Waals surface area contributed by atoms with Crippen molar-refractivity contribution in [2.45, 2.75) is 50.6 Å². The van der Waals surface area contributed by atoms with E-state index >= 15 is 0 Å². The van der Waals surface area contributed by atoms with Crippen LogP contribution >= 0.6 is 0 Å². The van der Waals surface area contributed by atoms with Gasteiger partial charge in [-0.2, -0.15) is 0 Å². The molecule has 5 rings (SSSR count). The molecule has 3 aliphatic rings. The molecule has 0 N–H and O–H groups in total. The van der Waals surface area contributed by atoms with Gasteiger partial charge in [-0.3, -0.25) is 4.90 Å². The predicted molar refractivity (Wildman–Crippen MR) is 124 cm³/mol. The molecule has 3 atom stereocenters. The third-order valence-corrected chi connectivity index (χ3v) is 7.57. The molecule has 1 saturated carbocycles. The summed E-state index contributed by atoms with van der Waals surface area (Å²) in [5, 5.41) is 0. The van der Waals surface area contributed by atoms with Gasteiger partial charge >= 0.3 is 0 Å². The van der Waals surface area contributed by atoms with Crippen molar-refractivity contribution in [3.8, 4) is 11.1 Å². The van der Waals surface area contributed by atoms with Gasteiger partial charge in [0.2, 0.25) is 0 Å². The Morgan fingerprint density at radius 1 is 0.967 bits per heavy atom. The maximum absolute atomic E-state index is 5.67. The second-order valence-electron chi connectivity index (χ2n) is 9.70. The fraction of sp³-hybridized carbons (Fsp3) is 0.556. The predicted octanol–water partition coefficient (Wildman–Crippen LogP) is 4.95. The molecule has 2 aromatic carbocycles. The van der Waals surface area contributed by atoms with Crippen LogP contribution in [0.2, 0.25) is 0 Å². The van der Waals surface area contributed by atoms with Crippen LogP contribution in [0.1, 0.15) is 42.7 Å². The van der Waals surface area contributed by atoms with Gasteiger partial charge in [-0.05, 0) is 73.9 Å². The summed E-state index contributed by atoms with van der Waals surface area (Å²) in [6.45, 7) is 8.09. The van der Waals surface area contributed by atoms with E-state index < -0.39 is 0 Å². The van der Waals surface area contributed by atoms with Crippen LogP contribution in [0.3, 0.4) is 0 Å². The smallest absolute Gasteiger partial charge is 0.0624 e. The number of ether oxygens (including phenoxy) is 1. The largest absolute Gasteiger partial charge is 0.383 e. The average Bonchev–Trinajstić information content (AvgIpc) is 3.56. The van der Waals surface area contributed by atoms with Crippen molar-refractivity contribution >= 4 is 0 Å². The Morgan fingerprint density at radius 2 is 1.73 bits per heavy atom. The van der Waals surface area contributed by atoms with Crippen LogP contribution in [0, 0.1) is 12.8 Å². The van der Waals surface area contributed by atoms with Crippen LogP contribution in [0.15, 0.2) is 48.5 Å². The maximum atomic E-state index is 5.67. The molecule has 3 fully saturated rings. The molecule has 0 amide bonds. The van der Waals surface area contributed by atoms with Crippen LogP contribution in [0.25, 0.3) is 11.1 Å². The third kappa shape index (κ3) is 4.08. The number of hydrogen-bond acceptors (Lipinski definition) is 3. The molecule has 2 heterocycles. The first kappa shape index (κ1) is 20.2. The number of methoxy groups -OCH3 is 1. The molecule has 160 valence electrons.